The molecule has 3 aromatic rings. The number of nitrogens with zero attached hydrogens (tertiary/aromatic N) is 2. The van der Waals surface area contributed by atoms with Crippen molar-refractivity contribution in [3.8, 4) is 0 Å². The van der Waals surface area contributed by atoms with Crippen molar-refractivity contribution in [2.45, 2.75) is 18.6 Å². The van der Waals surface area contributed by atoms with Gasteiger partial charge in [0.05, 0.1) is 35.9 Å². The van der Waals surface area contributed by atoms with E-state index in [1.807, 2.05) is 35.8 Å². The molecule has 2 aromatic heterocycles. The summed E-state index contributed by atoms with van der Waals surface area (Å²) in [6.07, 6.45) is 3.32. The molecule has 21 heavy (non-hydrogen) atoms. The Balaban J connectivity index is 2.07. The van der Waals surface area contributed by atoms with E-state index < -0.39 is 5.97 Å². The van der Waals surface area contributed by atoms with Crippen LogP contribution in [0.1, 0.15) is 11.1 Å². The van der Waals surface area contributed by atoms with Crippen LogP contribution >= 0.6 is 11.8 Å². The number of carbonyl (C=O) groups is 1. The third-order valence-electron chi connectivity index (χ3n) is 3.18. The number of benzene rings is 1. The second-order valence-corrected chi connectivity index (χ2v) is 5.68. The van der Waals surface area contributed by atoms with Gasteiger partial charge in [-0.25, -0.2) is 4.98 Å². The van der Waals surface area contributed by atoms with Gasteiger partial charge < -0.3 is 14.1 Å². The first-order valence-electron chi connectivity index (χ1n) is 6.46. The molecule has 1 aromatic carbocycles. The maximum Gasteiger partial charge on any atom is 0.313 e. The SMILES string of the molecule is Cc1cccc2nc(SCC(=O)O)n(Cc3ccoc3)c12. The normalized spacial score (nSPS) is 11.1. The van der Waals surface area contributed by atoms with Gasteiger partial charge in [0, 0.05) is 5.56 Å². The molecule has 0 bridgehead atoms. The van der Waals surface area contributed by atoms with Crippen LogP contribution in [0.5, 0.6) is 0 Å². The van der Waals surface area contributed by atoms with Crippen molar-refractivity contribution in [3.05, 3.63) is 47.9 Å². The van der Waals surface area contributed by atoms with Gasteiger partial charge in [-0.3, -0.25) is 4.79 Å². The monoisotopic (exact) mass is 302 g/mol. The predicted octanol–water partition coefficient (Wildman–Crippen LogP) is 3.16. The van der Waals surface area contributed by atoms with Crippen molar-refractivity contribution in [1.82, 2.24) is 9.55 Å². The van der Waals surface area contributed by atoms with Crippen molar-refractivity contribution in [2.24, 2.45) is 0 Å². The van der Waals surface area contributed by atoms with Crippen molar-refractivity contribution in [1.29, 1.82) is 0 Å². The van der Waals surface area contributed by atoms with Crippen LogP contribution in [-0.2, 0) is 11.3 Å². The molecule has 0 spiro atoms. The second-order valence-electron chi connectivity index (χ2n) is 4.74. The van der Waals surface area contributed by atoms with Gasteiger partial charge in [0.15, 0.2) is 5.16 Å². The summed E-state index contributed by atoms with van der Waals surface area (Å²) in [5, 5.41) is 9.59. The van der Waals surface area contributed by atoms with Gasteiger partial charge in [-0.1, -0.05) is 23.9 Å². The first kappa shape index (κ1) is 13.8. The van der Waals surface area contributed by atoms with Gasteiger partial charge in [0.1, 0.15) is 0 Å². The highest BCUT2D eigenvalue weighted by molar-refractivity contribution is 7.99. The predicted molar refractivity (Wildman–Crippen MR) is 80.6 cm³/mol. The Bertz CT molecular complexity index is 778. The molecular weight excluding hydrogens is 288 g/mol. The summed E-state index contributed by atoms with van der Waals surface area (Å²) < 4.78 is 7.15. The Hall–Kier alpha value is -2.21. The molecule has 0 unspecified atom stereocenters. The van der Waals surface area contributed by atoms with Crippen LogP contribution in [0.4, 0.5) is 0 Å². The molecule has 2 heterocycles. The number of furan rings is 1. The summed E-state index contributed by atoms with van der Waals surface area (Å²) in [5.74, 6) is -0.855. The molecule has 6 heteroatoms. The van der Waals surface area contributed by atoms with Gasteiger partial charge in [-0.15, -0.1) is 0 Å². The van der Waals surface area contributed by atoms with E-state index in [2.05, 4.69) is 4.98 Å². The number of para-hydroxylation sites is 1. The van der Waals surface area contributed by atoms with Gasteiger partial charge in [-0.2, -0.15) is 0 Å². The average Bonchev–Trinajstić information content (AvgIpc) is 3.06. The average molecular weight is 302 g/mol. The number of hydrogen-bond donors (Lipinski definition) is 1. The number of thioether (sulfide) groups is 1. The third-order valence-corrected chi connectivity index (χ3v) is 4.14. The summed E-state index contributed by atoms with van der Waals surface area (Å²) in [4.78, 5) is 15.4. The second kappa shape index (κ2) is 5.65. The van der Waals surface area contributed by atoms with Crippen molar-refractivity contribution < 1.29 is 14.3 Å². The first-order chi connectivity index (χ1) is 10.1. The fraction of sp³-hybridized carbons (Fsp3) is 0.200. The topological polar surface area (TPSA) is 68.3 Å². The molecule has 0 saturated heterocycles. The van der Waals surface area contributed by atoms with E-state index in [-0.39, 0.29) is 5.75 Å². The van der Waals surface area contributed by atoms with E-state index in [1.54, 1.807) is 12.5 Å². The molecule has 3 rings (SSSR count). The molecular formula is C15H14N2O3S. The molecule has 0 aliphatic heterocycles. The van der Waals surface area contributed by atoms with Gasteiger partial charge in [-0.05, 0) is 24.6 Å². The molecule has 0 saturated carbocycles. The number of aryl methyl sites for hydroxylation is 1. The smallest absolute Gasteiger partial charge is 0.313 e. The highest BCUT2D eigenvalue weighted by atomic mass is 32.2. The van der Waals surface area contributed by atoms with Crippen LogP contribution in [0.25, 0.3) is 11.0 Å². The number of rotatable bonds is 5. The van der Waals surface area contributed by atoms with Crippen LogP contribution < -0.4 is 0 Å². The van der Waals surface area contributed by atoms with E-state index in [4.69, 9.17) is 9.52 Å². The van der Waals surface area contributed by atoms with Gasteiger partial charge in [0.2, 0.25) is 0 Å². The summed E-state index contributed by atoms with van der Waals surface area (Å²) in [6.45, 7) is 2.64. The molecule has 0 atom stereocenters. The van der Waals surface area contributed by atoms with Crippen molar-refractivity contribution in [2.75, 3.05) is 5.75 Å². The highest BCUT2D eigenvalue weighted by Gasteiger charge is 2.14. The summed E-state index contributed by atoms with van der Waals surface area (Å²) in [7, 11) is 0. The Morgan fingerprint density at radius 3 is 3.00 bits per heavy atom. The maximum absolute atomic E-state index is 10.8. The zero-order chi connectivity index (χ0) is 14.8. The Labute approximate surface area is 125 Å². The minimum absolute atomic E-state index is 0.00619. The van der Waals surface area contributed by atoms with Crippen LogP contribution in [-0.4, -0.2) is 26.4 Å². The first-order valence-corrected chi connectivity index (χ1v) is 7.45. The van der Waals surface area contributed by atoms with Crippen molar-refractivity contribution in [3.63, 3.8) is 0 Å². The number of aromatic nitrogens is 2. The molecule has 0 amide bonds. The maximum atomic E-state index is 10.8. The number of aliphatic carboxylic acids is 1. The van der Waals surface area contributed by atoms with Crippen LogP contribution in [0.3, 0.4) is 0 Å². The zero-order valence-corrected chi connectivity index (χ0v) is 12.3. The fourth-order valence-electron chi connectivity index (χ4n) is 2.29. The summed E-state index contributed by atoms with van der Waals surface area (Å²) in [5.41, 5.74) is 4.05. The largest absolute Gasteiger partial charge is 0.481 e. The van der Waals surface area contributed by atoms with E-state index in [0.29, 0.717) is 11.7 Å². The molecule has 0 aliphatic carbocycles. The van der Waals surface area contributed by atoms with Crippen LogP contribution in [0.15, 0.2) is 46.4 Å². The third kappa shape index (κ3) is 2.80. The summed E-state index contributed by atoms with van der Waals surface area (Å²) >= 11 is 1.23. The minimum atomic E-state index is -0.848. The molecule has 108 valence electrons. The minimum Gasteiger partial charge on any atom is -0.481 e. The Morgan fingerprint density at radius 2 is 2.29 bits per heavy atom. The van der Waals surface area contributed by atoms with E-state index in [0.717, 1.165) is 22.2 Å². The van der Waals surface area contributed by atoms with Gasteiger partial charge in [0.25, 0.3) is 0 Å². The quantitative estimate of drug-likeness (QED) is 0.733. The number of carboxylic acids is 1. The number of imidazole rings is 1. The standard InChI is InChI=1S/C15H14N2O3S/c1-10-3-2-4-12-14(10)17(7-11-5-6-20-8-11)15(16-12)21-9-13(18)19/h2-6,8H,7,9H2,1H3,(H,18,19). The molecule has 1 N–H and O–H groups in total. The number of fused-ring (bicyclic) bond motifs is 1. The van der Waals surface area contributed by atoms with Crippen molar-refractivity contribution >= 4 is 28.8 Å². The lowest BCUT2D eigenvalue weighted by Gasteiger charge is -2.08. The Morgan fingerprint density at radius 1 is 1.43 bits per heavy atom. The van der Waals surface area contributed by atoms with E-state index >= 15 is 0 Å². The lowest BCUT2D eigenvalue weighted by molar-refractivity contribution is -0.133. The molecule has 0 radical (unpaired) electrons. The van der Waals surface area contributed by atoms with Crippen LogP contribution in [0.2, 0.25) is 0 Å². The van der Waals surface area contributed by atoms with Gasteiger partial charge >= 0.3 is 5.97 Å². The van der Waals surface area contributed by atoms with Crippen LogP contribution in [0, 0.1) is 6.92 Å². The highest BCUT2D eigenvalue weighted by Crippen LogP contribution is 2.27. The Kier molecular flexibility index (Phi) is 3.70. The molecule has 0 aliphatic rings. The van der Waals surface area contributed by atoms with E-state index in [9.17, 15) is 4.79 Å². The number of hydrogen-bond acceptors (Lipinski definition) is 4. The molecule has 5 nitrogen and oxygen atoms in total. The molecule has 0 fully saturated rings. The lowest BCUT2D eigenvalue weighted by Crippen LogP contribution is -2.04. The zero-order valence-electron chi connectivity index (χ0n) is 11.4. The summed E-state index contributed by atoms with van der Waals surface area (Å²) in [6, 6.07) is 7.83. The lowest BCUT2D eigenvalue weighted by atomic mass is 10.2. The number of carboxylic acid groups (broad SMARTS) is 1. The van der Waals surface area contributed by atoms with E-state index in [1.165, 1.54) is 11.8 Å². The fourth-order valence-corrected chi connectivity index (χ4v) is 3.02.